The highest BCUT2D eigenvalue weighted by atomic mass is 79.9. The fourth-order valence-electron chi connectivity index (χ4n) is 2.37. The molecule has 0 aromatic heterocycles. The SMILES string of the molecule is Cc1cc(C)c(CN[C@H](C)c2cccc(Br)c2)cc1C. The first kappa shape index (κ1) is 15.3. The topological polar surface area (TPSA) is 12.0 Å². The monoisotopic (exact) mass is 331 g/mol. The minimum Gasteiger partial charge on any atom is -0.306 e. The van der Waals surface area contributed by atoms with Crippen LogP contribution in [0.15, 0.2) is 40.9 Å². The largest absolute Gasteiger partial charge is 0.306 e. The van der Waals surface area contributed by atoms with Gasteiger partial charge in [0.1, 0.15) is 0 Å². The summed E-state index contributed by atoms with van der Waals surface area (Å²) in [5, 5.41) is 3.61. The summed E-state index contributed by atoms with van der Waals surface area (Å²) in [6.45, 7) is 9.64. The van der Waals surface area contributed by atoms with Crippen molar-refractivity contribution in [1.82, 2.24) is 5.32 Å². The van der Waals surface area contributed by atoms with E-state index < -0.39 is 0 Å². The first-order chi connectivity index (χ1) is 9.47. The number of hydrogen-bond acceptors (Lipinski definition) is 1. The van der Waals surface area contributed by atoms with Crippen molar-refractivity contribution in [2.24, 2.45) is 0 Å². The van der Waals surface area contributed by atoms with E-state index in [-0.39, 0.29) is 0 Å². The van der Waals surface area contributed by atoms with Gasteiger partial charge in [-0.25, -0.2) is 0 Å². The molecule has 0 amide bonds. The summed E-state index contributed by atoms with van der Waals surface area (Å²) in [7, 11) is 0. The molecule has 0 aliphatic carbocycles. The Morgan fingerprint density at radius 1 is 1.00 bits per heavy atom. The zero-order valence-electron chi connectivity index (χ0n) is 12.6. The van der Waals surface area contributed by atoms with E-state index in [2.05, 4.69) is 85.3 Å². The van der Waals surface area contributed by atoms with E-state index in [4.69, 9.17) is 0 Å². The second-order valence-corrected chi connectivity index (χ2v) is 6.44. The molecule has 1 N–H and O–H groups in total. The van der Waals surface area contributed by atoms with E-state index in [1.807, 2.05) is 0 Å². The second-order valence-electron chi connectivity index (χ2n) is 5.52. The van der Waals surface area contributed by atoms with Crippen LogP contribution >= 0.6 is 15.9 Å². The molecule has 2 rings (SSSR count). The molecule has 2 aromatic carbocycles. The van der Waals surface area contributed by atoms with Gasteiger partial charge in [0.05, 0.1) is 0 Å². The number of benzene rings is 2. The summed E-state index contributed by atoms with van der Waals surface area (Å²) >= 11 is 3.53. The molecule has 2 aromatic rings. The van der Waals surface area contributed by atoms with Gasteiger partial charge in [0, 0.05) is 17.1 Å². The summed E-state index contributed by atoms with van der Waals surface area (Å²) in [5.74, 6) is 0. The zero-order chi connectivity index (χ0) is 14.7. The summed E-state index contributed by atoms with van der Waals surface area (Å²) < 4.78 is 1.13. The summed E-state index contributed by atoms with van der Waals surface area (Å²) in [6, 6.07) is 13.4. The molecule has 0 heterocycles. The molecule has 0 fully saturated rings. The van der Waals surface area contributed by atoms with Crippen molar-refractivity contribution < 1.29 is 0 Å². The summed E-state index contributed by atoms with van der Waals surface area (Å²) in [4.78, 5) is 0. The Morgan fingerprint density at radius 3 is 2.40 bits per heavy atom. The van der Waals surface area contributed by atoms with Crippen LogP contribution in [-0.4, -0.2) is 0 Å². The van der Waals surface area contributed by atoms with Crippen LogP contribution in [0.3, 0.4) is 0 Å². The van der Waals surface area contributed by atoms with Gasteiger partial charge >= 0.3 is 0 Å². The third kappa shape index (κ3) is 3.71. The average molecular weight is 332 g/mol. The Labute approximate surface area is 130 Å². The molecule has 0 bridgehead atoms. The van der Waals surface area contributed by atoms with E-state index in [9.17, 15) is 0 Å². The van der Waals surface area contributed by atoms with Crippen LogP contribution in [0.4, 0.5) is 0 Å². The molecule has 20 heavy (non-hydrogen) atoms. The first-order valence-corrected chi connectivity index (χ1v) is 7.82. The predicted molar refractivity (Wildman–Crippen MR) is 90.0 cm³/mol. The fraction of sp³-hybridized carbons (Fsp3) is 0.333. The molecular weight excluding hydrogens is 310 g/mol. The zero-order valence-corrected chi connectivity index (χ0v) is 14.2. The Kier molecular flexibility index (Phi) is 5.00. The van der Waals surface area contributed by atoms with Crippen LogP contribution < -0.4 is 5.32 Å². The highest BCUT2D eigenvalue weighted by Gasteiger charge is 2.07. The van der Waals surface area contributed by atoms with Crippen LogP contribution in [0.25, 0.3) is 0 Å². The first-order valence-electron chi connectivity index (χ1n) is 7.03. The highest BCUT2D eigenvalue weighted by Crippen LogP contribution is 2.20. The molecule has 1 nitrogen and oxygen atoms in total. The van der Waals surface area contributed by atoms with E-state index in [0.717, 1.165) is 11.0 Å². The lowest BCUT2D eigenvalue weighted by molar-refractivity contribution is 0.573. The standard InChI is InChI=1S/C18H22BrN/c1-12-8-14(3)17(9-13(12)2)11-20-15(4)16-6-5-7-18(19)10-16/h5-10,15,20H,11H2,1-4H3/t15-/m1/s1. The number of halogens is 1. The van der Waals surface area contributed by atoms with Gasteiger partial charge < -0.3 is 5.32 Å². The molecule has 2 heteroatoms. The van der Waals surface area contributed by atoms with Crippen molar-refractivity contribution in [2.75, 3.05) is 0 Å². The molecule has 0 aliphatic heterocycles. The van der Waals surface area contributed by atoms with Gasteiger partial charge in [-0.3, -0.25) is 0 Å². The van der Waals surface area contributed by atoms with Crippen molar-refractivity contribution in [1.29, 1.82) is 0 Å². The Morgan fingerprint density at radius 2 is 1.70 bits per heavy atom. The minimum atomic E-state index is 0.341. The lowest BCUT2D eigenvalue weighted by Crippen LogP contribution is -2.18. The number of hydrogen-bond donors (Lipinski definition) is 1. The molecule has 0 saturated heterocycles. The van der Waals surface area contributed by atoms with Crippen LogP contribution in [0.1, 0.15) is 40.8 Å². The molecule has 0 saturated carbocycles. The maximum atomic E-state index is 3.61. The fourth-order valence-corrected chi connectivity index (χ4v) is 2.78. The number of nitrogens with one attached hydrogen (secondary N) is 1. The number of aryl methyl sites for hydroxylation is 3. The molecule has 106 valence electrons. The Balaban J connectivity index is 2.07. The van der Waals surface area contributed by atoms with Crippen molar-refractivity contribution in [2.45, 2.75) is 40.3 Å². The average Bonchev–Trinajstić information content (AvgIpc) is 2.41. The van der Waals surface area contributed by atoms with E-state index in [1.54, 1.807) is 0 Å². The summed E-state index contributed by atoms with van der Waals surface area (Å²) in [5.41, 5.74) is 6.78. The van der Waals surface area contributed by atoms with Crippen molar-refractivity contribution in [3.63, 3.8) is 0 Å². The smallest absolute Gasteiger partial charge is 0.0295 e. The Bertz CT molecular complexity index is 604. The molecule has 0 radical (unpaired) electrons. The molecule has 0 aliphatic rings. The minimum absolute atomic E-state index is 0.341. The van der Waals surface area contributed by atoms with Gasteiger partial charge in [-0.05, 0) is 67.6 Å². The molecule has 0 spiro atoms. The maximum absolute atomic E-state index is 3.61. The van der Waals surface area contributed by atoms with Crippen LogP contribution in [-0.2, 0) is 6.54 Å². The van der Waals surface area contributed by atoms with E-state index in [0.29, 0.717) is 6.04 Å². The third-order valence-electron chi connectivity index (χ3n) is 3.90. The predicted octanol–water partition coefficient (Wildman–Crippen LogP) is 5.23. The van der Waals surface area contributed by atoms with Gasteiger partial charge in [-0.1, -0.05) is 40.2 Å². The maximum Gasteiger partial charge on any atom is 0.0295 e. The van der Waals surface area contributed by atoms with E-state index in [1.165, 1.54) is 27.8 Å². The lowest BCUT2D eigenvalue weighted by atomic mass is 10.0. The summed E-state index contributed by atoms with van der Waals surface area (Å²) in [6.07, 6.45) is 0. The van der Waals surface area contributed by atoms with Crippen LogP contribution in [0.5, 0.6) is 0 Å². The van der Waals surface area contributed by atoms with Gasteiger partial charge in [-0.2, -0.15) is 0 Å². The van der Waals surface area contributed by atoms with Gasteiger partial charge in [0.25, 0.3) is 0 Å². The van der Waals surface area contributed by atoms with Gasteiger partial charge in [-0.15, -0.1) is 0 Å². The third-order valence-corrected chi connectivity index (χ3v) is 4.39. The molecule has 0 unspecified atom stereocenters. The van der Waals surface area contributed by atoms with Crippen molar-refractivity contribution in [3.8, 4) is 0 Å². The van der Waals surface area contributed by atoms with E-state index >= 15 is 0 Å². The van der Waals surface area contributed by atoms with Crippen LogP contribution in [0, 0.1) is 20.8 Å². The quantitative estimate of drug-likeness (QED) is 0.809. The molecular formula is C18H22BrN. The normalized spacial score (nSPS) is 12.4. The highest BCUT2D eigenvalue weighted by molar-refractivity contribution is 9.10. The van der Waals surface area contributed by atoms with Crippen LogP contribution in [0.2, 0.25) is 0 Å². The second kappa shape index (κ2) is 6.55. The Hall–Kier alpha value is -1.12. The van der Waals surface area contributed by atoms with Crippen molar-refractivity contribution in [3.05, 3.63) is 68.7 Å². The van der Waals surface area contributed by atoms with Gasteiger partial charge in [0.2, 0.25) is 0 Å². The molecule has 1 atom stereocenters. The number of rotatable bonds is 4. The van der Waals surface area contributed by atoms with Crippen molar-refractivity contribution >= 4 is 15.9 Å². The van der Waals surface area contributed by atoms with Gasteiger partial charge in [0.15, 0.2) is 0 Å². The lowest BCUT2D eigenvalue weighted by Gasteiger charge is -2.17.